The molecule has 0 aliphatic carbocycles. The lowest BCUT2D eigenvalue weighted by molar-refractivity contribution is -0.134. The van der Waals surface area contributed by atoms with E-state index >= 15 is 0 Å². The van der Waals surface area contributed by atoms with Gasteiger partial charge in [-0.15, -0.1) is 0 Å². The number of benzene rings is 1. The van der Waals surface area contributed by atoms with Crippen LogP contribution >= 0.6 is 0 Å². The summed E-state index contributed by atoms with van der Waals surface area (Å²) in [5.41, 5.74) is 4.19. The monoisotopic (exact) mass is 456 g/mol. The smallest absolute Gasteiger partial charge is 0.408 e. The van der Waals surface area contributed by atoms with E-state index in [1.54, 1.807) is 43.1 Å². The van der Waals surface area contributed by atoms with Crippen molar-refractivity contribution in [3.63, 3.8) is 0 Å². The summed E-state index contributed by atoms with van der Waals surface area (Å²) in [6.07, 6.45) is 1.15. The first-order valence-electron chi connectivity index (χ1n) is 10.4. The number of hydrazine groups is 1. The molecule has 3 amide bonds. The van der Waals surface area contributed by atoms with Crippen LogP contribution < -0.4 is 16.1 Å². The number of ether oxygens (including phenoxy) is 2. The van der Waals surface area contributed by atoms with Gasteiger partial charge < -0.3 is 25.0 Å². The molecule has 11 nitrogen and oxygen atoms in total. The topological polar surface area (TPSA) is 136 Å². The van der Waals surface area contributed by atoms with Crippen molar-refractivity contribution in [2.24, 2.45) is 0 Å². The third-order valence-electron chi connectivity index (χ3n) is 5.72. The zero-order chi connectivity index (χ0) is 24.3. The number of nitriles is 1. The van der Waals surface area contributed by atoms with Gasteiger partial charge in [0, 0.05) is 19.3 Å². The van der Waals surface area contributed by atoms with E-state index in [1.807, 2.05) is 6.92 Å². The summed E-state index contributed by atoms with van der Waals surface area (Å²) in [5.74, 6) is -0.617. The van der Waals surface area contributed by atoms with Gasteiger partial charge in [-0.05, 0) is 44.5 Å². The Morgan fingerprint density at radius 2 is 2.06 bits per heavy atom. The van der Waals surface area contributed by atoms with Crippen molar-refractivity contribution in [2.75, 3.05) is 32.7 Å². The van der Waals surface area contributed by atoms with Crippen LogP contribution in [0.5, 0.6) is 0 Å². The molecule has 11 heteroatoms. The standard InChI is InChI=1S/C22H28N6O5/c1-13-11-27(12-24-21(31)32-4)19(29)18-9-17(26-28(13)18)15-7-6-14(10-23)8-16(15)25-20(30)22(2,3)33-5/h6-9,13,17,26H,11-12H2,1-5H3,(H,24,31)(H,25,30). The summed E-state index contributed by atoms with van der Waals surface area (Å²) < 4.78 is 9.83. The van der Waals surface area contributed by atoms with Gasteiger partial charge in [0.05, 0.1) is 37.5 Å². The minimum Gasteiger partial charge on any atom is -0.453 e. The molecule has 0 saturated carbocycles. The molecule has 1 fully saturated rings. The first-order valence-corrected chi connectivity index (χ1v) is 10.4. The Hall–Kier alpha value is -3.62. The highest BCUT2D eigenvalue weighted by molar-refractivity contribution is 5.98. The number of carbonyl (C=O) groups excluding carboxylic acids is 3. The number of carbonyl (C=O) groups is 3. The molecule has 2 heterocycles. The first-order chi connectivity index (χ1) is 15.6. The summed E-state index contributed by atoms with van der Waals surface area (Å²) in [6.45, 7) is 5.64. The van der Waals surface area contributed by atoms with Crippen LogP contribution in [0.1, 0.15) is 37.9 Å². The molecular formula is C22H28N6O5. The zero-order valence-corrected chi connectivity index (χ0v) is 19.3. The van der Waals surface area contributed by atoms with E-state index in [-0.39, 0.29) is 24.5 Å². The first kappa shape index (κ1) is 24.0. The number of nitrogens with zero attached hydrogens (tertiary/aromatic N) is 3. The van der Waals surface area contributed by atoms with E-state index in [4.69, 9.17) is 4.74 Å². The predicted molar refractivity (Wildman–Crippen MR) is 118 cm³/mol. The largest absolute Gasteiger partial charge is 0.453 e. The van der Waals surface area contributed by atoms with Gasteiger partial charge in [-0.3, -0.25) is 14.6 Å². The number of alkyl carbamates (subject to hydrolysis) is 1. The molecule has 0 aromatic heterocycles. The number of rotatable bonds is 6. The maximum atomic E-state index is 13.0. The lowest BCUT2D eigenvalue weighted by Crippen LogP contribution is -2.57. The van der Waals surface area contributed by atoms with Crippen molar-refractivity contribution < 1.29 is 23.9 Å². The number of nitrogens with one attached hydrogen (secondary N) is 3. The number of fused-ring (bicyclic) bond motifs is 1. The Balaban J connectivity index is 1.89. The maximum absolute atomic E-state index is 13.0. The van der Waals surface area contributed by atoms with Crippen LogP contribution in [0.2, 0.25) is 0 Å². The quantitative estimate of drug-likeness (QED) is 0.581. The van der Waals surface area contributed by atoms with Gasteiger partial charge in [0.2, 0.25) is 0 Å². The van der Waals surface area contributed by atoms with Crippen molar-refractivity contribution in [1.29, 1.82) is 5.26 Å². The molecule has 1 aromatic rings. The summed E-state index contributed by atoms with van der Waals surface area (Å²) in [5, 5.41) is 16.5. The highest BCUT2D eigenvalue weighted by atomic mass is 16.5. The molecule has 3 rings (SSSR count). The molecule has 0 radical (unpaired) electrons. The summed E-state index contributed by atoms with van der Waals surface area (Å²) in [6, 6.07) is 6.56. The second kappa shape index (κ2) is 9.48. The van der Waals surface area contributed by atoms with Crippen LogP contribution in [0.25, 0.3) is 0 Å². The molecular weight excluding hydrogens is 428 g/mol. The second-order valence-corrected chi connectivity index (χ2v) is 8.31. The summed E-state index contributed by atoms with van der Waals surface area (Å²) in [4.78, 5) is 38.7. The third kappa shape index (κ3) is 4.92. The number of hydrogen-bond acceptors (Lipinski definition) is 8. The van der Waals surface area contributed by atoms with Crippen molar-refractivity contribution >= 4 is 23.6 Å². The van der Waals surface area contributed by atoms with Gasteiger partial charge in [0.25, 0.3) is 11.8 Å². The van der Waals surface area contributed by atoms with E-state index in [9.17, 15) is 19.6 Å². The van der Waals surface area contributed by atoms with Gasteiger partial charge in [-0.2, -0.15) is 5.26 Å². The fraction of sp³-hybridized carbons (Fsp3) is 0.455. The van der Waals surface area contributed by atoms with Crippen LogP contribution in [-0.4, -0.2) is 66.9 Å². The third-order valence-corrected chi connectivity index (χ3v) is 5.72. The number of methoxy groups -OCH3 is 2. The van der Waals surface area contributed by atoms with E-state index in [2.05, 4.69) is 26.9 Å². The van der Waals surface area contributed by atoms with Crippen LogP contribution in [0.4, 0.5) is 10.5 Å². The molecule has 2 aliphatic rings. The van der Waals surface area contributed by atoms with Crippen LogP contribution in [0, 0.1) is 11.3 Å². The van der Waals surface area contributed by atoms with Crippen molar-refractivity contribution in [3.8, 4) is 6.07 Å². The summed E-state index contributed by atoms with van der Waals surface area (Å²) in [7, 11) is 2.70. The Labute approximate surface area is 192 Å². The fourth-order valence-electron chi connectivity index (χ4n) is 3.58. The van der Waals surface area contributed by atoms with Crippen LogP contribution in [-0.2, 0) is 19.1 Å². The van der Waals surface area contributed by atoms with Crippen molar-refractivity contribution in [3.05, 3.63) is 41.1 Å². The molecule has 2 atom stereocenters. The van der Waals surface area contributed by atoms with Gasteiger partial charge in [0.15, 0.2) is 0 Å². The molecule has 33 heavy (non-hydrogen) atoms. The molecule has 2 aliphatic heterocycles. The number of amides is 3. The Morgan fingerprint density at radius 3 is 2.70 bits per heavy atom. The van der Waals surface area contributed by atoms with Gasteiger partial charge in [-0.25, -0.2) is 10.2 Å². The van der Waals surface area contributed by atoms with Crippen molar-refractivity contribution in [2.45, 2.75) is 38.5 Å². The lowest BCUT2D eigenvalue weighted by Gasteiger charge is -2.39. The molecule has 0 spiro atoms. The van der Waals surface area contributed by atoms with Crippen LogP contribution in [0.15, 0.2) is 30.0 Å². The molecule has 0 bridgehead atoms. The number of anilines is 1. The van der Waals surface area contributed by atoms with Crippen LogP contribution in [0.3, 0.4) is 0 Å². The molecule has 176 valence electrons. The Morgan fingerprint density at radius 1 is 1.33 bits per heavy atom. The minimum absolute atomic E-state index is 0.0238. The normalized spacial score (nSPS) is 20.0. The fourth-order valence-corrected chi connectivity index (χ4v) is 3.58. The highest BCUT2D eigenvalue weighted by Gasteiger charge is 2.40. The number of piperazine rings is 1. The van der Waals surface area contributed by atoms with E-state index in [0.717, 1.165) is 0 Å². The molecule has 3 N–H and O–H groups in total. The van der Waals surface area contributed by atoms with Crippen molar-refractivity contribution in [1.82, 2.24) is 20.7 Å². The highest BCUT2D eigenvalue weighted by Crippen LogP contribution is 2.34. The van der Waals surface area contributed by atoms with E-state index in [0.29, 0.717) is 29.1 Å². The predicted octanol–water partition coefficient (Wildman–Crippen LogP) is 1.21. The summed E-state index contributed by atoms with van der Waals surface area (Å²) >= 11 is 0. The van der Waals surface area contributed by atoms with E-state index < -0.39 is 17.7 Å². The zero-order valence-electron chi connectivity index (χ0n) is 19.3. The number of hydrogen-bond donors (Lipinski definition) is 3. The molecule has 1 saturated heterocycles. The second-order valence-electron chi connectivity index (χ2n) is 8.31. The maximum Gasteiger partial charge on any atom is 0.408 e. The average Bonchev–Trinajstić information content (AvgIpc) is 3.26. The van der Waals surface area contributed by atoms with Gasteiger partial charge in [0.1, 0.15) is 11.3 Å². The van der Waals surface area contributed by atoms with Gasteiger partial charge in [-0.1, -0.05) is 6.07 Å². The molecule has 2 unspecified atom stereocenters. The SMILES string of the molecule is COC(=O)NCN1CC(C)N2NC(c3ccc(C#N)cc3NC(=O)C(C)(C)OC)C=C2C1=O. The van der Waals surface area contributed by atoms with E-state index in [1.165, 1.54) is 19.1 Å². The minimum atomic E-state index is -1.07. The lowest BCUT2D eigenvalue weighted by atomic mass is 10.0. The Bertz CT molecular complexity index is 1030. The average molecular weight is 457 g/mol. The van der Waals surface area contributed by atoms with Gasteiger partial charge >= 0.3 is 6.09 Å². The molecule has 1 aromatic carbocycles. The Kier molecular flexibility index (Phi) is 6.90.